The fraction of sp³-hybridized carbons (Fsp3) is 0.0500. The average molecular weight is 322 g/mol. The standard InChI is InChI=1S/C20H15FO3/c21-16-9-10-18(19(12-16)20(22)23)15-7-4-8-17(11-15)24-13-14-5-2-1-3-6-14/h1-12H,13H2,(H,22,23). The first-order valence-electron chi connectivity index (χ1n) is 7.43. The van der Waals surface area contributed by atoms with E-state index in [-0.39, 0.29) is 5.56 Å². The van der Waals surface area contributed by atoms with Gasteiger partial charge in [-0.05, 0) is 41.0 Å². The summed E-state index contributed by atoms with van der Waals surface area (Å²) in [6, 6.07) is 20.6. The number of halogens is 1. The zero-order chi connectivity index (χ0) is 16.9. The number of carbonyl (C=O) groups is 1. The molecule has 0 aliphatic rings. The monoisotopic (exact) mass is 322 g/mol. The normalized spacial score (nSPS) is 10.4. The first-order valence-corrected chi connectivity index (χ1v) is 7.43. The van der Waals surface area contributed by atoms with Crippen molar-refractivity contribution in [3.8, 4) is 16.9 Å². The molecule has 0 saturated heterocycles. The lowest BCUT2D eigenvalue weighted by molar-refractivity contribution is 0.0697. The topological polar surface area (TPSA) is 46.5 Å². The lowest BCUT2D eigenvalue weighted by Crippen LogP contribution is -2.01. The van der Waals surface area contributed by atoms with Crippen molar-refractivity contribution in [1.82, 2.24) is 0 Å². The van der Waals surface area contributed by atoms with Crippen LogP contribution in [0.25, 0.3) is 11.1 Å². The molecule has 3 rings (SSSR count). The number of benzene rings is 3. The summed E-state index contributed by atoms with van der Waals surface area (Å²) >= 11 is 0. The molecule has 0 saturated carbocycles. The molecule has 0 spiro atoms. The van der Waals surface area contributed by atoms with Crippen molar-refractivity contribution in [3.63, 3.8) is 0 Å². The van der Waals surface area contributed by atoms with Gasteiger partial charge in [-0.25, -0.2) is 9.18 Å². The number of carboxylic acids is 1. The van der Waals surface area contributed by atoms with Crippen LogP contribution in [0.4, 0.5) is 4.39 Å². The van der Waals surface area contributed by atoms with Gasteiger partial charge >= 0.3 is 5.97 Å². The van der Waals surface area contributed by atoms with E-state index in [4.69, 9.17) is 4.74 Å². The predicted molar refractivity (Wildman–Crippen MR) is 89.6 cm³/mol. The predicted octanol–water partition coefficient (Wildman–Crippen LogP) is 4.77. The van der Waals surface area contributed by atoms with Crippen molar-refractivity contribution in [2.45, 2.75) is 6.61 Å². The Morgan fingerprint density at radius 3 is 2.50 bits per heavy atom. The van der Waals surface area contributed by atoms with Gasteiger partial charge in [0.2, 0.25) is 0 Å². The summed E-state index contributed by atoms with van der Waals surface area (Å²) in [6.45, 7) is 0.416. The summed E-state index contributed by atoms with van der Waals surface area (Å²) in [4.78, 5) is 11.3. The third-order valence-electron chi connectivity index (χ3n) is 3.61. The Labute approximate surface area is 139 Å². The Kier molecular flexibility index (Phi) is 4.57. The van der Waals surface area contributed by atoms with Crippen molar-refractivity contribution in [1.29, 1.82) is 0 Å². The molecule has 0 aromatic heterocycles. The van der Waals surface area contributed by atoms with E-state index < -0.39 is 11.8 Å². The molecule has 120 valence electrons. The molecule has 3 aromatic rings. The van der Waals surface area contributed by atoms with Crippen LogP contribution in [-0.4, -0.2) is 11.1 Å². The van der Waals surface area contributed by atoms with Crippen LogP contribution in [0.5, 0.6) is 5.75 Å². The van der Waals surface area contributed by atoms with E-state index in [1.165, 1.54) is 12.1 Å². The number of ether oxygens (including phenoxy) is 1. The largest absolute Gasteiger partial charge is 0.489 e. The smallest absolute Gasteiger partial charge is 0.336 e. The molecule has 0 atom stereocenters. The van der Waals surface area contributed by atoms with Crippen LogP contribution < -0.4 is 4.74 Å². The quantitative estimate of drug-likeness (QED) is 0.736. The van der Waals surface area contributed by atoms with E-state index in [0.29, 0.717) is 23.5 Å². The molecule has 0 bridgehead atoms. The lowest BCUT2D eigenvalue weighted by Gasteiger charge is -2.10. The van der Waals surface area contributed by atoms with Gasteiger partial charge < -0.3 is 9.84 Å². The number of carboxylic acid groups (broad SMARTS) is 1. The van der Waals surface area contributed by atoms with Crippen LogP contribution in [-0.2, 0) is 6.61 Å². The van der Waals surface area contributed by atoms with Crippen LogP contribution in [0.15, 0.2) is 72.8 Å². The van der Waals surface area contributed by atoms with Gasteiger partial charge in [-0.2, -0.15) is 0 Å². The van der Waals surface area contributed by atoms with E-state index >= 15 is 0 Å². The van der Waals surface area contributed by atoms with Crippen LogP contribution in [0.3, 0.4) is 0 Å². The molecular formula is C20H15FO3. The molecule has 4 heteroatoms. The molecule has 0 radical (unpaired) electrons. The fourth-order valence-corrected chi connectivity index (χ4v) is 2.44. The van der Waals surface area contributed by atoms with Gasteiger partial charge in [-0.15, -0.1) is 0 Å². The molecule has 0 heterocycles. The van der Waals surface area contributed by atoms with Crippen LogP contribution in [0, 0.1) is 5.82 Å². The van der Waals surface area contributed by atoms with Gasteiger partial charge in [0, 0.05) is 0 Å². The van der Waals surface area contributed by atoms with Crippen LogP contribution >= 0.6 is 0 Å². The Bertz CT molecular complexity index is 860. The van der Waals surface area contributed by atoms with E-state index in [2.05, 4.69) is 0 Å². The highest BCUT2D eigenvalue weighted by molar-refractivity contribution is 5.96. The maximum absolute atomic E-state index is 13.3. The molecule has 0 amide bonds. The van der Waals surface area contributed by atoms with Gasteiger partial charge in [0.1, 0.15) is 18.2 Å². The third kappa shape index (κ3) is 3.60. The summed E-state index contributed by atoms with van der Waals surface area (Å²) < 4.78 is 19.1. The Morgan fingerprint density at radius 1 is 0.958 bits per heavy atom. The molecule has 24 heavy (non-hydrogen) atoms. The maximum Gasteiger partial charge on any atom is 0.336 e. The van der Waals surface area contributed by atoms with E-state index in [1.54, 1.807) is 24.3 Å². The Hall–Kier alpha value is -3.14. The minimum atomic E-state index is -1.17. The number of hydrogen-bond donors (Lipinski definition) is 1. The molecule has 3 nitrogen and oxygen atoms in total. The maximum atomic E-state index is 13.3. The SMILES string of the molecule is O=C(O)c1cc(F)ccc1-c1cccc(OCc2ccccc2)c1. The lowest BCUT2D eigenvalue weighted by atomic mass is 9.99. The molecular weight excluding hydrogens is 307 g/mol. The highest BCUT2D eigenvalue weighted by Gasteiger charge is 2.13. The minimum Gasteiger partial charge on any atom is -0.489 e. The summed E-state index contributed by atoms with van der Waals surface area (Å²) in [5.41, 5.74) is 2.08. The van der Waals surface area contributed by atoms with Gasteiger partial charge in [-0.1, -0.05) is 48.5 Å². The van der Waals surface area contributed by atoms with E-state index in [9.17, 15) is 14.3 Å². The number of aromatic carboxylic acids is 1. The molecule has 0 fully saturated rings. The number of hydrogen-bond acceptors (Lipinski definition) is 2. The van der Waals surface area contributed by atoms with Gasteiger partial charge in [0.05, 0.1) is 5.56 Å². The second-order valence-corrected chi connectivity index (χ2v) is 5.30. The second-order valence-electron chi connectivity index (χ2n) is 5.30. The van der Waals surface area contributed by atoms with Crippen molar-refractivity contribution >= 4 is 5.97 Å². The van der Waals surface area contributed by atoms with Crippen molar-refractivity contribution < 1.29 is 19.0 Å². The van der Waals surface area contributed by atoms with Crippen molar-refractivity contribution in [3.05, 3.63) is 89.7 Å². The summed E-state index contributed by atoms with van der Waals surface area (Å²) in [5.74, 6) is -1.12. The van der Waals surface area contributed by atoms with E-state index in [0.717, 1.165) is 11.6 Å². The molecule has 3 aromatic carbocycles. The first kappa shape index (κ1) is 15.7. The molecule has 0 aliphatic carbocycles. The average Bonchev–Trinajstić information content (AvgIpc) is 2.61. The first-order chi connectivity index (χ1) is 11.6. The third-order valence-corrected chi connectivity index (χ3v) is 3.61. The van der Waals surface area contributed by atoms with Crippen molar-refractivity contribution in [2.24, 2.45) is 0 Å². The summed E-state index contributed by atoms with van der Waals surface area (Å²) in [5, 5.41) is 9.27. The Balaban J connectivity index is 1.87. The Morgan fingerprint density at radius 2 is 1.75 bits per heavy atom. The highest BCUT2D eigenvalue weighted by Crippen LogP contribution is 2.28. The minimum absolute atomic E-state index is 0.0739. The summed E-state index contributed by atoms with van der Waals surface area (Å²) in [7, 11) is 0. The van der Waals surface area contributed by atoms with Gasteiger partial charge in [0.15, 0.2) is 0 Å². The van der Waals surface area contributed by atoms with E-state index in [1.807, 2.05) is 30.3 Å². The van der Waals surface area contributed by atoms with Gasteiger partial charge in [-0.3, -0.25) is 0 Å². The van der Waals surface area contributed by atoms with Gasteiger partial charge in [0.25, 0.3) is 0 Å². The van der Waals surface area contributed by atoms with Crippen molar-refractivity contribution in [2.75, 3.05) is 0 Å². The zero-order valence-corrected chi connectivity index (χ0v) is 12.8. The second kappa shape index (κ2) is 6.96. The van der Waals surface area contributed by atoms with Crippen LogP contribution in [0.1, 0.15) is 15.9 Å². The highest BCUT2D eigenvalue weighted by atomic mass is 19.1. The molecule has 1 N–H and O–H groups in total. The number of rotatable bonds is 5. The molecule has 0 unspecified atom stereocenters. The zero-order valence-electron chi connectivity index (χ0n) is 12.8. The van der Waals surface area contributed by atoms with Crippen LogP contribution in [0.2, 0.25) is 0 Å². The summed E-state index contributed by atoms with van der Waals surface area (Å²) in [6.07, 6.45) is 0. The molecule has 0 aliphatic heterocycles. The fourth-order valence-electron chi connectivity index (χ4n) is 2.44.